The van der Waals surface area contributed by atoms with E-state index < -0.39 is 0 Å². The predicted molar refractivity (Wildman–Crippen MR) is 125 cm³/mol. The minimum Gasteiger partial charge on any atom is -0.351 e. The summed E-state index contributed by atoms with van der Waals surface area (Å²) < 4.78 is 1.60. The van der Waals surface area contributed by atoms with Crippen molar-refractivity contribution in [3.8, 4) is 17.3 Å². The maximum atomic E-state index is 13.1. The van der Waals surface area contributed by atoms with E-state index in [0.29, 0.717) is 22.6 Å². The molecule has 4 aliphatic carbocycles. The maximum Gasteiger partial charge on any atom is 0.254 e. The van der Waals surface area contributed by atoms with Crippen LogP contribution in [0, 0.1) is 37.0 Å². The molecule has 33 heavy (non-hydrogen) atoms. The molecule has 0 atom stereocenters. The fourth-order valence-corrected chi connectivity index (χ4v) is 6.96. The smallest absolute Gasteiger partial charge is 0.254 e. The number of carbonyl (C=O) groups is 1. The van der Waals surface area contributed by atoms with Crippen LogP contribution in [0.25, 0.3) is 17.3 Å². The Morgan fingerprint density at radius 3 is 2.48 bits per heavy atom. The Labute approximate surface area is 194 Å². The van der Waals surface area contributed by atoms with Gasteiger partial charge in [0.05, 0.1) is 22.6 Å². The van der Waals surface area contributed by atoms with E-state index in [2.05, 4.69) is 20.4 Å². The van der Waals surface area contributed by atoms with Crippen LogP contribution in [0.2, 0.25) is 0 Å². The molecule has 3 heterocycles. The molecule has 3 aromatic rings. The summed E-state index contributed by atoms with van der Waals surface area (Å²) in [5, 5.41) is 7.82. The van der Waals surface area contributed by atoms with Crippen LogP contribution in [-0.2, 0) is 0 Å². The zero-order chi connectivity index (χ0) is 22.6. The fourth-order valence-electron chi connectivity index (χ4n) is 6.96. The highest BCUT2D eigenvalue weighted by Crippen LogP contribution is 2.59. The van der Waals surface area contributed by atoms with Gasteiger partial charge in [0.15, 0.2) is 0 Å². The molecule has 3 aromatic heterocycles. The first-order valence-electron chi connectivity index (χ1n) is 12.1. The number of rotatable bonds is 5. The Morgan fingerprint density at radius 1 is 1.09 bits per heavy atom. The van der Waals surface area contributed by atoms with Crippen molar-refractivity contribution in [1.82, 2.24) is 30.0 Å². The van der Waals surface area contributed by atoms with E-state index in [1.54, 1.807) is 23.3 Å². The summed E-state index contributed by atoms with van der Waals surface area (Å²) in [7, 11) is 0. The molecular weight excluding hydrogens is 412 g/mol. The summed E-state index contributed by atoms with van der Waals surface area (Å²) in [5.74, 6) is 3.02. The second-order valence-electron chi connectivity index (χ2n) is 10.6. The van der Waals surface area contributed by atoms with Gasteiger partial charge in [-0.25, -0.2) is 14.6 Å². The molecule has 4 aliphatic rings. The van der Waals surface area contributed by atoms with Crippen molar-refractivity contribution in [2.24, 2.45) is 23.2 Å². The van der Waals surface area contributed by atoms with Crippen molar-refractivity contribution in [3.63, 3.8) is 0 Å². The first-order valence-corrected chi connectivity index (χ1v) is 12.1. The first kappa shape index (κ1) is 20.5. The van der Waals surface area contributed by atoms with E-state index in [0.717, 1.165) is 41.2 Å². The number of hydrogen-bond acceptors (Lipinski definition) is 5. The van der Waals surface area contributed by atoms with Gasteiger partial charge >= 0.3 is 0 Å². The van der Waals surface area contributed by atoms with Gasteiger partial charge in [-0.3, -0.25) is 9.78 Å². The zero-order valence-corrected chi connectivity index (χ0v) is 19.3. The van der Waals surface area contributed by atoms with Gasteiger partial charge in [-0.1, -0.05) is 6.07 Å². The Balaban J connectivity index is 1.21. The molecule has 0 aliphatic heterocycles. The summed E-state index contributed by atoms with van der Waals surface area (Å²) in [6, 6.07) is 5.75. The number of amides is 1. The molecule has 4 fully saturated rings. The van der Waals surface area contributed by atoms with Gasteiger partial charge in [0, 0.05) is 25.1 Å². The number of aromatic nitrogens is 5. The Hall–Kier alpha value is -3.09. The number of hydrogen-bond donors (Lipinski definition) is 1. The second kappa shape index (κ2) is 7.75. The molecule has 4 bridgehead atoms. The lowest BCUT2D eigenvalue weighted by molar-refractivity contribution is -0.0503. The van der Waals surface area contributed by atoms with Crippen LogP contribution >= 0.6 is 0 Å². The van der Waals surface area contributed by atoms with Crippen molar-refractivity contribution < 1.29 is 4.79 Å². The molecule has 0 spiro atoms. The minimum absolute atomic E-state index is 0.0495. The van der Waals surface area contributed by atoms with Gasteiger partial charge in [-0.2, -0.15) is 5.10 Å². The van der Waals surface area contributed by atoms with Crippen LogP contribution in [0.1, 0.15) is 60.1 Å². The lowest BCUT2D eigenvalue weighted by Gasteiger charge is -2.56. The van der Waals surface area contributed by atoms with Crippen molar-refractivity contribution in [1.29, 1.82) is 0 Å². The predicted octanol–water partition coefficient (Wildman–Crippen LogP) is 4.29. The summed E-state index contributed by atoms with van der Waals surface area (Å²) in [6.45, 7) is 4.61. The average molecular weight is 443 g/mol. The third-order valence-electron chi connectivity index (χ3n) is 8.00. The maximum absolute atomic E-state index is 13.1. The Morgan fingerprint density at radius 2 is 1.82 bits per heavy atom. The average Bonchev–Trinajstić information content (AvgIpc) is 3.19. The molecule has 0 aromatic carbocycles. The van der Waals surface area contributed by atoms with Crippen molar-refractivity contribution in [2.45, 2.75) is 52.4 Å². The van der Waals surface area contributed by atoms with Gasteiger partial charge in [0.25, 0.3) is 11.9 Å². The van der Waals surface area contributed by atoms with E-state index in [1.807, 2.05) is 32.0 Å². The summed E-state index contributed by atoms with van der Waals surface area (Å²) in [4.78, 5) is 26.7. The topological polar surface area (TPSA) is 85.6 Å². The van der Waals surface area contributed by atoms with Crippen LogP contribution < -0.4 is 5.32 Å². The summed E-state index contributed by atoms with van der Waals surface area (Å²) in [5.41, 5.74) is 4.07. The van der Waals surface area contributed by atoms with E-state index in [1.165, 1.54) is 38.5 Å². The van der Waals surface area contributed by atoms with Gasteiger partial charge in [-0.05, 0) is 93.2 Å². The number of nitrogens with one attached hydrogen (secondary N) is 1. The van der Waals surface area contributed by atoms with Crippen LogP contribution in [0.5, 0.6) is 0 Å². The Kier molecular flexibility index (Phi) is 4.82. The van der Waals surface area contributed by atoms with Gasteiger partial charge < -0.3 is 5.32 Å². The quantitative estimate of drug-likeness (QED) is 0.637. The van der Waals surface area contributed by atoms with E-state index in [-0.39, 0.29) is 5.91 Å². The first-order chi connectivity index (χ1) is 16.0. The molecule has 7 rings (SSSR count). The molecule has 7 heteroatoms. The fraction of sp³-hybridized carbons (Fsp3) is 0.500. The number of aryl methyl sites for hydroxylation is 2. The lowest BCUT2D eigenvalue weighted by Crippen LogP contribution is -2.51. The van der Waals surface area contributed by atoms with E-state index in [4.69, 9.17) is 4.98 Å². The number of carbonyl (C=O) groups excluding carboxylic acids is 1. The van der Waals surface area contributed by atoms with Crippen LogP contribution in [0.3, 0.4) is 0 Å². The number of pyridine rings is 1. The standard InChI is InChI=1S/C26H30N6O/c1-16-13-28-25(30-23(16)22-5-3-4-6-27-22)32-14-21(17(2)31-32)24(33)29-15-26-10-18-7-19(11-26)9-20(8-18)12-26/h3-6,13-14,18-20H,7-12,15H2,1-2H3,(H,29,33). The van der Waals surface area contributed by atoms with Gasteiger partial charge in [0.2, 0.25) is 0 Å². The molecule has 0 saturated heterocycles. The van der Waals surface area contributed by atoms with Crippen LogP contribution in [-0.4, -0.2) is 37.2 Å². The van der Waals surface area contributed by atoms with Crippen LogP contribution in [0.15, 0.2) is 36.8 Å². The molecular formula is C26H30N6O. The van der Waals surface area contributed by atoms with Gasteiger partial charge in [-0.15, -0.1) is 0 Å². The summed E-state index contributed by atoms with van der Waals surface area (Å²) in [6.07, 6.45) is 13.4. The SMILES string of the molecule is Cc1cnc(-n2cc(C(=O)NCC34CC5CC(CC(C5)C3)C4)c(C)n2)nc1-c1ccccn1. The minimum atomic E-state index is -0.0495. The number of nitrogens with zero attached hydrogens (tertiary/aromatic N) is 5. The monoisotopic (exact) mass is 442 g/mol. The highest BCUT2D eigenvalue weighted by Gasteiger charge is 2.50. The van der Waals surface area contributed by atoms with Gasteiger partial charge in [0.1, 0.15) is 0 Å². The Bertz CT molecular complexity index is 1170. The van der Waals surface area contributed by atoms with Crippen molar-refractivity contribution in [3.05, 3.63) is 53.6 Å². The second-order valence-corrected chi connectivity index (χ2v) is 10.6. The largest absolute Gasteiger partial charge is 0.351 e. The molecule has 7 nitrogen and oxygen atoms in total. The molecule has 4 saturated carbocycles. The zero-order valence-electron chi connectivity index (χ0n) is 19.3. The highest BCUT2D eigenvalue weighted by atomic mass is 16.1. The molecule has 0 unspecified atom stereocenters. The normalized spacial score (nSPS) is 27.6. The van der Waals surface area contributed by atoms with Crippen LogP contribution in [0.4, 0.5) is 0 Å². The molecule has 170 valence electrons. The van der Waals surface area contributed by atoms with Crippen molar-refractivity contribution in [2.75, 3.05) is 6.54 Å². The summed E-state index contributed by atoms with van der Waals surface area (Å²) >= 11 is 0. The van der Waals surface area contributed by atoms with E-state index in [9.17, 15) is 4.79 Å². The van der Waals surface area contributed by atoms with Crippen molar-refractivity contribution >= 4 is 5.91 Å². The third-order valence-corrected chi connectivity index (χ3v) is 8.00. The third kappa shape index (κ3) is 3.73. The molecule has 1 amide bonds. The highest BCUT2D eigenvalue weighted by molar-refractivity contribution is 5.95. The molecule has 1 N–H and O–H groups in total. The lowest BCUT2D eigenvalue weighted by atomic mass is 9.49. The molecule has 0 radical (unpaired) electrons. The van der Waals surface area contributed by atoms with E-state index >= 15 is 0 Å².